The van der Waals surface area contributed by atoms with Crippen LogP contribution in [0.1, 0.15) is 52.9 Å². The molecule has 0 aromatic carbocycles. The molecule has 0 bridgehead atoms. The molecule has 0 aromatic rings. The van der Waals surface area contributed by atoms with Gasteiger partial charge in [0, 0.05) is 25.2 Å². The molecule has 4 unspecified atom stereocenters. The number of rotatable bonds is 2. The third-order valence-corrected chi connectivity index (χ3v) is 5.22. The van der Waals surface area contributed by atoms with Crippen molar-refractivity contribution in [1.29, 1.82) is 0 Å². The average Bonchev–Trinajstić information content (AvgIpc) is 2.58. The van der Waals surface area contributed by atoms with Gasteiger partial charge in [-0.1, -0.05) is 33.6 Å². The van der Waals surface area contributed by atoms with E-state index in [2.05, 4.69) is 31.0 Å². The molecule has 2 nitrogen and oxygen atoms in total. The van der Waals surface area contributed by atoms with Gasteiger partial charge in [-0.2, -0.15) is 0 Å². The molecule has 0 aromatic heterocycles. The first-order valence-electron chi connectivity index (χ1n) is 7.69. The second kappa shape index (κ2) is 6.19. The first-order chi connectivity index (χ1) is 8.22. The molecule has 1 N–H and O–H groups in total. The van der Waals surface area contributed by atoms with Crippen molar-refractivity contribution in [3.05, 3.63) is 0 Å². The van der Waals surface area contributed by atoms with E-state index in [1.54, 1.807) is 0 Å². The van der Waals surface area contributed by atoms with Crippen molar-refractivity contribution in [2.45, 2.75) is 65.0 Å². The minimum atomic E-state index is 0.760. The Morgan fingerprint density at radius 3 is 2.71 bits per heavy atom. The summed E-state index contributed by atoms with van der Waals surface area (Å²) >= 11 is 0. The van der Waals surface area contributed by atoms with Gasteiger partial charge in [0.05, 0.1) is 0 Å². The molecule has 2 rings (SSSR count). The third kappa shape index (κ3) is 3.23. The van der Waals surface area contributed by atoms with Crippen LogP contribution in [-0.4, -0.2) is 36.6 Å². The van der Waals surface area contributed by atoms with Crippen LogP contribution in [0.15, 0.2) is 0 Å². The summed E-state index contributed by atoms with van der Waals surface area (Å²) in [5.41, 5.74) is 0. The molecule has 1 saturated carbocycles. The predicted octanol–water partition coefficient (Wildman–Crippen LogP) is 2.89. The van der Waals surface area contributed by atoms with E-state index in [1.165, 1.54) is 51.7 Å². The van der Waals surface area contributed by atoms with Crippen LogP contribution >= 0.6 is 0 Å². The second-order valence-electron chi connectivity index (χ2n) is 6.22. The molecular formula is C15H30N2. The van der Waals surface area contributed by atoms with Crippen LogP contribution in [0.2, 0.25) is 0 Å². The van der Waals surface area contributed by atoms with Gasteiger partial charge in [-0.3, -0.25) is 4.90 Å². The van der Waals surface area contributed by atoms with E-state index in [4.69, 9.17) is 0 Å². The van der Waals surface area contributed by atoms with Crippen molar-refractivity contribution in [1.82, 2.24) is 10.2 Å². The summed E-state index contributed by atoms with van der Waals surface area (Å²) < 4.78 is 0. The molecule has 1 aliphatic heterocycles. The summed E-state index contributed by atoms with van der Waals surface area (Å²) in [5.74, 6) is 1.81. The van der Waals surface area contributed by atoms with Crippen LogP contribution in [0.25, 0.3) is 0 Å². The minimum Gasteiger partial charge on any atom is -0.313 e. The smallest absolute Gasteiger partial charge is 0.0124 e. The zero-order valence-electron chi connectivity index (χ0n) is 11.9. The highest BCUT2D eigenvalue weighted by Gasteiger charge is 2.32. The van der Waals surface area contributed by atoms with Crippen molar-refractivity contribution in [3.8, 4) is 0 Å². The average molecular weight is 238 g/mol. The molecule has 2 heteroatoms. The summed E-state index contributed by atoms with van der Waals surface area (Å²) in [6, 6.07) is 1.62. The number of nitrogens with one attached hydrogen (secondary N) is 1. The Labute approximate surface area is 107 Å². The van der Waals surface area contributed by atoms with Gasteiger partial charge in [0.25, 0.3) is 0 Å². The van der Waals surface area contributed by atoms with Crippen LogP contribution in [-0.2, 0) is 0 Å². The lowest BCUT2D eigenvalue weighted by atomic mass is 9.77. The monoisotopic (exact) mass is 238 g/mol. The number of hydrogen-bond acceptors (Lipinski definition) is 2. The van der Waals surface area contributed by atoms with Gasteiger partial charge in [0.1, 0.15) is 0 Å². The van der Waals surface area contributed by atoms with E-state index >= 15 is 0 Å². The van der Waals surface area contributed by atoms with Crippen LogP contribution in [0.5, 0.6) is 0 Å². The van der Waals surface area contributed by atoms with E-state index in [-0.39, 0.29) is 0 Å². The van der Waals surface area contributed by atoms with Gasteiger partial charge in [-0.05, 0) is 37.6 Å². The molecule has 2 fully saturated rings. The molecule has 0 amide bonds. The van der Waals surface area contributed by atoms with E-state index in [0.29, 0.717) is 0 Å². The molecule has 4 atom stereocenters. The molecule has 2 aliphatic rings. The Bertz CT molecular complexity index is 229. The van der Waals surface area contributed by atoms with Crippen molar-refractivity contribution in [2.75, 3.05) is 19.6 Å². The lowest BCUT2D eigenvalue weighted by molar-refractivity contribution is 0.0860. The van der Waals surface area contributed by atoms with E-state index in [0.717, 1.165) is 23.9 Å². The van der Waals surface area contributed by atoms with Gasteiger partial charge in [0.2, 0.25) is 0 Å². The van der Waals surface area contributed by atoms with Gasteiger partial charge in [-0.25, -0.2) is 0 Å². The highest BCUT2D eigenvalue weighted by atomic mass is 15.2. The van der Waals surface area contributed by atoms with Gasteiger partial charge in [0.15, 0.2) is 0 Å². The first kappa shape index (κ1) is 13.4. The Hall–Kier alpha value is -0.0800. The fourth-order valence-electron chi connectivity index (χ4n) is 3.70. The fraction of sp³-hybridized carbons (Fsp3) is 1.00. The summed E-state index contributed by atoms with van der Waals surface area (Å²) in [6.45, 7) is 11.0. The lowest BCUT2D eigenvalue weighted by Crippen LogP contribution is -2.45. The highest BCUT2D eigenvalue weighted by Crippen LogP contribution is 2.33. The Morgan fingerprint density at radius 2 is 1.94 bits per heavy atom. The number of nitrogens with zero attached hydrogens (tertiary/aromatic N) is 1. The topological polar surface area (TPSA) is 15.3 Å². The summed E-state index contributed by atoms with van der Waals surface area (Å²) in [7, 11) is 0. The fourth-order valence-corrected chi connectivity index (χ4v) is 3.70. The van der Waals surface area contributed by atoms with E-state index < -0.39 is 0 Å². The zero-order valence-corrected chi connectivity index (χ0v) is 11.9. The Morgan fingerprint density at radius 1 is 1.12 bits per heavy atom. The number of hydrogen-bond donors (Lipinski definition) is 1. The molecule has 1 heterocycles. The van der Waals surface area contributed by atoms with Gasteiger partial charge < -0.3 is 5.32 Å². The quantitative estimate of drug-likeness (QED) is 0.796. The van der Waals surface area contributed by atoms with Crippen molar-refractivity contribution < 1.29 is 0 Å². The SMILES string of the molecule is CCC1CCN(C2CCCC(C)C2C)CCN1. The Balaban J connectivity index is 1.92. The maximum Gasteiger partial charge on any atom is 0.0124 e. The molecule has 0 spiro atoms. The standard InChI is InChI=1S/C15H30N2/c1-4-14-8-10-17(11-9-16-14)15-7-5-6-12(2)13(15)3/h12-16H,4-11H2,1-3H3. The molecule has 17 heavy (non-hydrogen) atoms. The zero-order chi connectivity index (χ0) is 12.3. The summed E-state index contributed by atoms with van der Waals surface area (Å²) in [5, 5.41) is 3.68. The minimum absolute atomic E-state index is 0.760. The lowest BCUT2D eigenvalue weighted by Gasteiger charge is -2.41. The molecule has 100 valence electrons. The molecule has 0 radical (unpaired) electrons. The summed E-state index contributed by atoms with van der Waals surface area (Å²) in [4.78, 5) is 2.78. The maximum absolute atomic E-state index is 3.68. The normalized spacial score (nSPS) is 41.1. The summed E-state index contributed by atoms with van der Waals surface area (Å²) in [6.07, 6.45) is 6.94. The van der Waals surface area contributed by atoms with Crippen LogP contribution in [0.4, 0.5) is 0 Å². The maximum atomic E-state index is 3.68. The largest absolute Gasteiger partial charge is 0.313 e. The van der Waals surface area contributed by atoms with Crippen LogP contribution in [0.3, 0.4) is 0 Å². The second-order valence-corrected chi connectivity index (χ2v) is 6.22. The Kier molecular flexibility index (Phi) is 4.87. The molecule has 1 aliphatic carbocycles. The van der Waals surface area contributed by atoms with Crippen molar-refractivity contribution in [2.24, 2.45) is 11.8 Å². The molecular weight excluding hydrogens is 208 g/mol. The van der Waals surface area contributed by atoms with Gasteiger partial charge >= 0.3 is 0 Å². The van der Waals surface area contributed by atoms with Crippen LogP contribution in [0, 0.1) is 11.8 Å². The van der Waals surface area contributed by atoms with Crippen molar-refractivity contribution in [3.63, 3.8) is 0 Å². The highest BCUT2D eigenvalue weighted by molar-refractivity contribution is 4.87. The first-order valence-corrected chi connectivity index (χ1v) is 7.69. The van der Waals surface area contributed by atoms with Crippen molar-refractivity contribution >= 4 is 0 Å². The van der Waals surface area contributed by atoms with Crippen LogP contribution < -0.4 is 5.32 Å². The van der Waals surface area contributed by atoms with E-state index in [1.807, 2.05) is 0 Å². The van der Waals surface area contributed by atoms with Gasteiger partial charge in [-0.15, -0.1) is 0 Å². The molecule has 1 saturated heterocycles. The third-order valence-electron chi connectivity index (χ3n) is 5.22. The predicted molar refractivity (Wildman–Crippen MR) is 74.2 cm³/mol. The van der Waals surface area contributed by atoms with E-state index in [9.17, 15) is 0 Å².